The molecular weight excluding hydrogens is 362 g/mol. The van der Waals surface area contributed by atoms with E-state index < -0.39 is 21.9 Å². The smallest absolute Gasteiger partial charge is 0.301 e. The number of anilines is 1. The zero-order valence-corrected chi connectivity index (χ0v) is 14.5. The molecule has 0 aliphatic heterocycles. The van der Waals surface area contributed by atoms with Gasteiger partial charge in [0, 0.05) is 0 Å². The van der Waals surface area contributed by atoms with E-state index in [-0.39, 0.29) is 5.69 Å². The molecule has 0 bridgehead atoms. The first-order valence-corrected chi connectivity index (χ1v) is 8.16. The van der Waals surface area contributed by atoms with E-state index in [0.717, 1.165) is 16.8 Å². The van der Waals surface area contributed by atoms with Gasteiger partial charge < -0.3 is 4.98 Å². The fraction of sp³-hybridized carbons (Fsp3) is 0. The van der Waals surface area contributed by atoms with Crippen molar-refractivity contribution in [3.63, 3.8) is 0 Å². The van der Waals surface area contributed by atoms with E-state index in [2.05, 4.69) is 15.5 Å². The number of nitrogens with one attached hydrogen (secondary N) is 3. The van der Waals surface area contributed by atoms with Gasteiger partial charge in [0.2, 0.25) is 0 Å². The summed E-state index contributed by atoms with van der Waals surface area (Å²) < 4.78 is 0. The van der Waals surface area contributed by atoms with E-state index in [9.17, 15) is 19.7 Å². The van der Waals surface area contributed by atoms with Crippen LogP contribution in [0.3, 0.4) is 0 Å². The predicted molar refractivity (Wildman–Crippen MR) is 107 cm³/mol. The lowest BCUT2D eigenvalue weighted by Gasteiger charge is -1.99. The highest BCUT2D eigenvalue weighted by Gasteiger charge is 2.18. The van der Waals surface area contributed by atoms with Crippen LogP contribution in [0, 0.1) is 10.1 Å². The molecule has 140 valence electrons. The number of nitro groups is 1. The third-order valence-electron chi connectivity index (χ3n) is 3.69. The molecule has 0 fully saturated rings. The molecule has 28 heavy (non-hydrogen) atoms. The van der Waals surface area contributed by atoms with Gasteiger partial charge in [-0.15, -0.1) is 0 Å². The summed E-state index contributed by atoms with van der Waals surface area (Å²) in [4.78, 5) is 37.2. The summed E-state index contributed by atoms with van der Waals surface area (Å²) in [6.07, 6.45) is 4.52. The van der Waals surface area contributed by atoms with Crippen LogP contribution in [0.25, 0.3) is 12.2 Å². The van der Waals surface area contributed by atoms with Crippen LogP contribution >= 0.6 is 0 Å². The Hall–Kier alpha value is -4.27. The van der Waals surface area contributed by atoms with Gasteiger partial charge in [-0.2, -0.15) is 5.10 Å². The van der Waals surface area contributed by atoms with Crippen molar-refractivity contribution >= 4 is 29.7 Å². The summed E-state index contributed by atoms with van der Waals surface area (Å²) in [7, 11) is 0. The van der Waals surface area contributed by atoms with Crippen molar-refractivity contribution < 1.29 is 4.92 Å². The van der Waals surface area contributed by atoms with Crippen molar-refractivity contribution in [2.75, 3.05) is 5.43 Å². The minimum atomic E-state index is -1.05. The Balaban J connectivity index is 1.73. The zero-order valence-electron chi connectivity index (χ0n) is 14.5. The first-order chi connectivity index (χ1) is 13.5. The first-order valence-electron chi connectivity index (χ1n) is 8.16. The fourth-order valence-corrected chi connectivity index (χ4v) is 2.37. The van der Waals surface area contributed by atoms with Gasteiger partial charge in [0.25, 0.3) is 0 Å². The maximum absolute atomic E-state index is 11.6. The number of aromatic nitrogens is 2. The quantitative estimate of drug-likeness (QED) is 0.345. The minimum Gasteiger partial charge on any atom is -0.301 e. The standard InChI is InChI=1S/C19H15N5O4/c25-18-17(24(27)28)16(21-19(26)22-18)11-10-13-6-8-14(9-7-13)12-20-23-15-4-2-1-3-5-15/h1-12,23H,(H2,21,22,25,26)/b11-10+,20-12-. The fourth-order valence-electron chi connectivity index (χ4n) is 2.37. The molecule has 0 radical (unpaired) electrons. The van der Waals surface area contributed by atoms with E-state index in [1.54, 1.807) is 24.4 Å². The molecule has 3 aromatic rings. The summed E-state index contributed by atoms with van der Waals surface area (Å²) in [6, 6.07) is 16.7. The topological polar surface area (TPSA) is 133 Å². The van der Waals surface area contributed by atoms with Gasteiger partial charge in [-0.1, -0.05) is 48.5 Å². The van der Waals surface area contributed by atoms with E-state index in [1.165, 1.54) is 6.08 Å². The van der Waals surface area contributed by atoms with Crippen LogP contribution in [0.4, 0.5) is 11.4 Å². The number of rotatable bonds is 6. The van der Waals surface area contributed by atoms with Crippen molar-refractivity contribution in [1.82, 2.24) is 9.97 Å². The van der Waals surface area contributed by atoms with Gasteiger partial charge in [0.1, 0.15) is 5.69 Å². The van der Waals surface area contributed by atoms with E-state index in [0.29, 0.717) is 0 Å². The SMILES string of the molecule is O=c1[nH]c(/C=C/c2ccc(/C=N\Nc3ccccc3)cc2)c([N+](=O)[O-])c(=O)[nH]1. The number of benzene rings is 2. The van der Waals surface area contributed by atoms with Crippen LogP contribution in [-0.4, -0.2) is 21.1 Å². The third kappa shape index (κ3) is 4.67. The average molecular weight is 377 g/mol. The summed E-state index contributed by atoms with van der Waals surface area (Å²) >= 11 is 0. The van der Waals surface area contributed by atoms with Gasteiger partial charge in [0.15, 0.2) is 0 Å². The van der Waals surface area contributed by atoms with E-state index >= 15 is 0 Å². The number of aromatic amines is 2. The molecule has 0 aliphatic carbocycles. The van der Waals surface area contributed by atoms with Crippen LogP contribution in [0.5, 0.6) is 0 Å². The van der Waals surface area contributed by atoms with Gasteiger partial charge >= 0.3 is 16.9 Å². The Labute approximate surface area is 158 Å². The van der Waals surface area contributed by atoms with Crippen LogP contribution in [-0.2, 0) is 0 Å². The molecule has 0 aliphatic rings. The number of para-hydroxylation sites is 1. The predicted octanol–water partition coefficient (Wildman–Crippen LogP) is 2.59. The average Bonchev–Trinajstić information content (AvgIpc) is 2.67. The molecule has 1 aromatic heterocycles. The summed E-state index contributed by atoms with van der Waals surface area (Å²) in [5.41, 5.74) is 2.60. The highest BCUT2D eigenvalue weighted by molar-refractivity contribution is 5.81. The van der Waals surface area contributed by atoms with Gasteiger partial charge in [-0.05, 0) is 29.3 Å². The molecule has 3 rings (SSSR count). The second-order valence-corrected chi connectivity index (χ2v) is 5.66. The van der Waals surface area contributed by atoms with Crippen molar-refractivity contribution in [3.8, 4) is 0 Å². The van der Waals surface area contributed by atoms with Crippen molar-refractivity contribution in [3.05, 3.63) is 102 Å². The maximum Gasteiger partial charge on any atom is 0.357 e. The van der Waals surface area contributed by atoms with Gasteiger partial charge in [-0.3, -0.25) is 25.3 Å². The Bertz CT molecular complexity index is 1150. The Morgan fingerprint density at radius 2 is 1.61 bits per heavy atom. The normalized spacial score (nSPS) is 11.1. The molecule has 0 unspecified atom stereocenters. The third-order valence-corrected chi connectivity index (χ3v) is 3.69. The lowest BCUT2D eigenvalue weighted by Crippen LogP contribution is -2.25. The maximum atomic E-state index is 11.6. The van der Waals surface area contributed by atoms with E-state index in [4.69, 9.17) is 0 Å². The van der Waals surface area contributed by atoms with Crippen molar-refractivity contribution in [1.29, 1.82) is 0 Å². The highest BCUT2D eigenvalue weighted by Crippen LogP contribution is 2.13. The summed E-state index contributed by atoms with van der Waals surface area (Å²) in [5.74, 6) is 0. The number of nitrogens with zero attached hydrogens (tertiary/aromatic N) is 2. The van der Waals surface area contributed by atoms with Crippen molar-refractivity contribution in [2.45, 2.75) is 0 Å². The Morgan fingerprint density at radius 3 is 2.29 bits per heavy atom. The second kappa shape index (κ2) is 8.41. The van der Waals surface area contributed by atoms with Crippen LogP contribution in [0.1, 0.15) is 16.8 Å². The molecule has 2 aromatic carbocycles. The van der Waals surface area contributed by atoms with E-state index in [1.807, 2.05) is 47.4 Å². The molecule has 0 atom stereocenters. The highest BCUT2D eigenvalue weighted by atomic mass is 16.6. The van der Waals surface area contributed by atoms with Crippen LogP contribution < -0.4 is 16.7 Å². The lowest BCUT2D eigenvalue weighted by atomic mass is 10.1. The molecule has 3 N–H and O–H groups in total. The van der Waals surface area contributed by atoms with Crippen LogP contribution in [0.2, 0.25) is 0 Å². The molecule has 9 nitrogen and oxygen atoms in total. The second-order valence-electron chi connectivity index (χ2n) is 5.66. The molecule has 0 amide bonds. The van der Waals surface area contributed by atoms with Crippen molar-refractivity contribution in [2.24, 2.45) is 5.10 Å². The number of hydrogen-bond donors (Lipinski definition) is 3. The Morgan fingerprint density at radius 1 is 0.929 bits per heavy atom. The molecule has 0 saturated heterocycles. The summed E-state index contributed by atoms with van der Waals surface area (Å²) in [6.45, 7) is 0. The lowest BCUT2D eigenvalue weighted by molar-refractivity contribution is -0.386. The van der Waals surface area contributed by atoms with Gasteiger partial charge in [-0.25, -0.2) is 4.79 Å². The summed E-state index contributed by atoms with van der Waals surface area (Å²) in [5, 5.41) is 15.2. The molecule has 0 spiro atoms. The zero-order chi connectivity index (χ0) is 19.9. The largest absolute Gasteiger partial charge is 0.357 e. The first kappa shape index (κ1) is 18.5. The molecule has 1 heterocycles. The van der Waals surface area contributed by atoms with Crippen LogP contribution in [0.15, 0.2) is 69.3 Å². The Kier molecular flexibility index (Phi) is 5.56. The number of H-pyrrole nitrogens is 2. The van der Waals surface area contributed by atoms with Gasteiger partial charge in [0.05, 0.1) is 16.8 Å². The number of hydrazone groups is 1. The molecule has 0 saturated carbocycles. The minimum absolute atomic E-state index is 0.170. The monoisotopic (exact) mass is 377 g/mol. The molecule has 9 heteroatoms. The molecular formula is C19H15N5O4. The number of hydrogen-bond acceptors (Lipinski definition) is 6.